The summed E-state index contributed by atoms with van der Waals surface area (Å²) in [4.78, 5) is 13.0. The van der Waals surface area contributed by atoms with Gasteiger partial charge < -0.3 is 11.1 Å². The number of rotatable bonds is 4. The standard InChI is InChI=1S/C15H26N2OS/c1-11(12-7-3-2-4-8-12)17-14(18)15(13(16)19)9-5-6-10-15/h11-12H,2-10H2,1H3,(H2,16,19)(H,17,18). The summed E-state index contributed by atoms with van der Waals surface area (Å²) in [5.74, 6) is 0.707. The van der Waals surface area contributed by atoms with Gasteiger partial charge in [0.05, 0.1) is 10.4 Å². The molecule has 2 saturated carbocycles. The van der Waals surface area contributed by atoms with Crippen LogP contribution in [0.25, 0.3) is 0 Å². The van der Waals surface area contributed by atoms with Crippen LogP contribution in [0.4, 0.5) is 0 Å². The van der Waals surface area contributed by atoms with Gasteiger partial charge in [0, 0.05) is 6.04 Å². The van der Waals surface area contributed by atoms with Crippen molar-refractivity contribution in [3.05, 3.63) is 0 Å². The fraction of sp³-hybridized carbons (Fsp3) is 0.867. The smallest absolute Gasteiger partial charge is 0.233 e. The molecule has 1 atom stereocenters. The van der Waals surface area contributed by atoms with Crippen LogP contribution in [0, 0.1) is 11.3 Å². The summed E-state index contributed by atoms with van der Waals surface area (Å²) < 4.78 is 0. The molecule has 1 amide bonds. The Labute approximate surface area is 121 Å². The highest BCUT2D eigenvalue weighted by atomic mass is 32.1. The minimum atomic E-state index is -0.557. The first-order chi connectivity index (χ1) is 9.06. The lowest BCUT2D eigenvalue weighted by atomic mass is 9.82. The zero-order chi connectivity index (χ0) is 13.9. The monoisotopic (exact) mass is 282 g/mol. The van der Waals surface area contributed by atoms with Gasteiger partial charge in [0.1, 0.15) is 0 Å². The molecular weight excluding hydrogens is 256 g/mol. The van der Waals surface area contributed by atoms with Gasteiger partial charge in [-0.1, -0.05) is 44.3 Å². The van der Waals surface area contributed by atoms with Crippen molar-refractivity contribution >= 4 is 23.1 Å². The molecule has 2 aliphatic carbocycles. The van der Waals surface area contributed by atoms with Crippen LogP contribution >= 0.6 is 12.2 Å². The zero-order valence-corrected chi connectivity index (χ0v) is 12.7. The van der Waals surface area contributed by atoms with Crippen molar-refractivity contribution in [2.45, 2.75) is 70.8 Å². The largest absolute Gasteiger partial charge is 0.392 e. The van der Waals surface area contributed by atoms with E-state index in [0.717, 1.165) is 25.7 Å². The summed E-state index contributed by atoms with van der Waals surface area (Å²) in [5.41, 5.74) is 5.30. The van der Waals surface area contributed by atoms with E-state index in [-0.39, 0.29) is 11.9 Å². The average molecular weight is 282 g/mol. The molecule has 0 radical (unpaired) electrons. The van der Waals surface area contributed by atoms with Crippen molar-refractivity contribution < 1.29 is 4.79 Å². The van der Waals surface area contributed by atoms with Gasteiger partial charge in [-0.2, -0.15) is 0 Å². The highest BCUT2D eigenvalue weighted by Crippen LogP contribution is 2.39. The van der Waals surface area contributed by atoms with Crippen LogP contribution < -0.4 is 11.1 Å². The van der Waals surface area contributed by atoms with E-state index in [1.54, 1.807) is 0 Å². The van der Waals surface area contributed by atoms with Gasteiger partial charge in [0.2, 0.25) is 5.91 Å². The van der Waals surface area contributed by atoms with Gasteiger partial charge in [-0.3, -0.25) is 4.79 Å². The molecule has 2 fully saturated rings. The average Bonchev–Trinajstić information content (AvgIpc) is 2.90. The molecule has 2 rings (SSSR count). The van der Waals surface area contributed by atoms with Gasteiger partial charge in [-0.05, 0) is 38.5 Å². The van der Waals surface area contributed by atoms with Crippen molar-refractivity contribution in [1.29, 1.82) is 0 Å². The van der Waals surface area contributed by atoms with E-state index in [1.165, 1.54) is 32.1 Å². The summed E-state index contributed by atoms with van der Waals surface area (Å²) in [5, 5.41) is 3.21. The number of carbonyl (C=O) groups excluding carboxylic acids is 1. The Hall–Kier alpha value is -0.640. The fourth-order valence-electron chi connectivity index (χ4n) is 3.66. The van der Waals surface area contributed by atoms with Crippen LogP contribution in [0.5, 0.6) is 0 Å². The van der Waals surface area contributed by atoms with Crippen LogP contribution in [0.2, 0.25) is 0 Å². The van der Waals surface area contributed by atoms with E-state index in [0.29, 0.717) is 10.9 Å². The first-order valence-corrected chi connectivity index (χ1v) is 8.08. The molecule has 0 aromatic heterocycles. The molecule has 0 aromatic rings. The van der Waals surface area contributed by atoms with Crippen LogP contribution in [-0.4, -0.2) is 16.9 Å². The molecule has 0 aliphatic heterocycles. The topological polar surface area (TPSA) is 55.1 Å². The Morgan fingerprint density at radius 2 is 1.79 bits per heavy atom. The number of hydrogen-bond donors (Lipinski definition) is 2. The molecular formula is C15H26N2OS. The quantitative estimate of drug-likeness (QED) is 0.780. The molecule has 2 aliphatic rings. The summed E-state index contributed by atoms with van der Waals surface area (Å²) in [6.45, 7) is 2.14. The predicted octanol–water partition coefficient (Wildman–Crippen LogP) is 2.92. The highest BCUT2D eigenvalue weighted by molar-refractivity contribution is 7.80. The maximum Gasteiger partial charge on any atom is 0.233 e. The third-order valence-electron chi connectivity index (χ3n) is 5.08. The molecule has 1 unspecified atom stereocenters. The third-order valence-corrected chi connectivity index (χ3v) is 5.47. The molecule has 4 heteroatoms. The lowest BCUT2D eigenvalue weighted by molar-refractivity contribution is -0.128. The van der Waals surface area contributed by atoms with E-state index >= 15 is 0 Å². The lowest BCUT2D eigenvalue weighted by Gasteiger charge is -2.32. The number of nitrogens with one attached hydrogen (secondary N) is 1. The fourth-order valence-corrected chi connectivity index (χ4v) is 3.96. The van der Waals surface area contributed by atoms with Gasteiger partial charge in [-0.25, -0.2) is 0 Å². The first-order valence-electron chi connectivity index (χ1n) is 7.67. The number of amides is 1. The third kappa shape index (κ3) is 3.10. The molecule has 0 aromatic carbocycles. The highest BCUT2D eigenvalue weighted by Gasteiger charge is 2.44. The maximum atomic E-state index is 12.6. The van der Waals surface area contributed by atoms with Crippen molar-refractivity contribution in [3.8, 4) is 0 Å². The van der Waals surface area contributed by atoms with Crippen LogP contribution in [-0.2, 0) is 4.79 Å². The van der Waals surface area contributed by atoms with E-state index in [9.17, 15) is 4.79 Å². The second-order valence-electron chi connectivity index (χ2n) is 6.31. The second kappa shape index (κ2) is 6.21. The predicted molar refractivity (Wildman–Crippen MR) is 81.9 cm³/mol. The molecule has 0 saturated heterocycles. The molecule has 3 N–H and O–H groups in total. The number of hydrogen-bond acceptors (Lipinski definition) is 2. The van der Waals surface area contributed by atoms with Gasteiger partial charge in [0.25, 0.3) is 0 Å². The van der Waals surface area contributed by atoms with Gasteiger partial charge in [-0.15, -0.1) is 0 Å². The Morgan fingerprint density at radius 1 is 1.21 bits per heavy atom. The summed E-state index contributed by atoms with van der Waals surface area (Å²) in [6, 6.07) is 0.250. The number of nitrogens with two attached hydrogens (primary N) is 1. The minimum absolute atomic E-state index is 0.0792. The van der Waals surface area contributed by atoms with E-state index in [4.69, 9.17) is 18.0 Å². The Bertz CT molecular complexity index is 344. The van der Waals surface area contributed by atoms with Crippen LogP contribution in [0.1, 0.15) is 64.7 Å². The number of carbonyl (C=O) groups is 1. The van der Waals surface area contributed by atoms with Crippen molar-refractivity contribution in [1.82, 2.24) is 5.32 Å². The van der Waals surface area contributed by atoms with Crippen molar-refractivity contribution in [3.63, 3.8) is 0 Å². The molecule has 19 heavy (non-hydrogen) atoms. The van der Waals surface area contributed by atoms with Gasteiger partial charge >= 0.3 is 0 Å². The lowest BCUT2D eigenvalue weighted by Crippen LogP contribution is -2.51. The Morgan fingerprint density at radius 3 is 2.32 bits per heavy atom. The molecule has 0 bridgehead atoms. The Kier molecular flexibility index (Phi) is 4.82. The van der Waals surface area contributed by atoms with Crippen molar-refractivity contribution in [2.24, 2.45) is 17.1 Å². The second-order valence-corrected chi connectivity index (χ2v) is 6.75. The molecule has 0 spiro atoms. The molecule has 108 valence electrons. The SMILES string of the molecule is CC(NC(=O)C1(C(N)=S)CCCC1)C1CCCCC1. The molecule has 3 nitrogen and oxygen atoms in total. The first kappa shape index (κ1) is 14.8. The normalized spacial score (nSPS) is 24.9. The van der Waals surface area contributed by atoms with Crippen molar-refractivity contribution in [2.75, 3.05) is 0 Å². The van der Waals surface area contributed by atoms with Crippen LogP contribution in [0.15, 0.2) is 0 Å². The van der Waals surface area contributed by atoms with E-state index < -0.39 is 5.41 Å². The summed E-state index contributed by atoms with van der Waals surface area (Å²) >= 11 is 5.17. The number of thiocarbonyl (C=S) groups is 1. The van der Waals surface area contributed by atoms with E-state index in [2.05, 4.69) is 12.2 Å². The zero-order valence-electron chi connectivity index (χ0n) is 11.9. The summed E-state index contributed by atoms with van der Waals surface area (Å²) in [6.07, 6.45) is 10.2. The van der Waals surface area contributed by atoms with Crippen LogP contribution in [0.3, 0.4) is 0 Å². The van der Waals surface area contributed by atoms with E-state index in [1.807, 2.05) is 0 Å². The Balaban J connectivity index is 1.97. The maximum absolute atomic E-state index is 12.6. The minimum Gasteiger partial charge on any atom is -0.392 e. The molecule has 0 heterocycles. The summed E-state index contributed by atoms with van der Waals surface area (Å²) in [7, 11) is 0. The van der Waals surface area contributed by atoms with Gasteiger partial charge in [0.15, 0.2) is 0 Å².